The number of benzene rings is 1. The Morgan fingerprint density at radius 3 is 2.20 bits per heavy atom. The van der Waals surface area contributed by atoms with Gasteiger partial charge in [0.05, 0.1) is 5.54 Å². The Morgan fingerprint density at radius 1 is 1.10 bits per heavy atom. The third-order valence-corrected chi connectivity index (χ3v) is 4.45. The van der Waals surface area contributed by atoms with Gasteiger partial charge < -0.3 is 11.1 Å². The van der Waals surface area contributed by atoms with Crippen LogP contribution in [0.25, 0.3) is 0 Å². The lowest BCUT2D eigenvalue weighted by molar-refractivity contribution is 0.0623. The Labute approximate surface area is 128 Å². The van der Waals surface area contributed by atoms with E-state index in [-0.39, 0.29) is 5.54 Å². The van der Waals surface area contributed by atoms with Crippen LogP contribution in [0.2, 0.25) is 5.02 Å². The largest absolute Gasteiger partial charge is 0.378 e. The summed E-state index contributed by atoms with van der Waals surface area (Å²) in [5, 5.41) is 4.45. The summed E-state index contributed by atoms with van der Waals surface area (Å²) in [5.74, 6) is 0. The molecule has 3 heteroatoms. The third-order valence-electron chi connectivity index (χ3n) is 4.22. The zero-order valence-electron chi connectivity index (χ0n) is 13.1. The minimum atomic E-state index is -0.0457. The second kappa shape index (κ2) is 5.23. The van der Waals surface area contributed by atoms with Gasteiger partial charge in [-0.2, -0.15) is 0 Å². The predicted octanol–water partition coefficient (Wildman–Crippen LogP) is 4.69. The minimum Gasteiger partial charge on any atom is -0.378 e. The zero-order valence-corrected chi connectivity index (χ0v) is 13.8. The van der Waals surface area contributed by atoms with Crippen molar-refractivity contribution in [3.8, 4) is 0 Å². The van der Waals surface area contributed by atoms with Crippen molar-refractivity contribution in [2.75, 3.05) is 11.9 Å². The van der Waals surface area contributed by atoms with Crippen molar-refractivity contribution >= 4 is 17.3 Å². The quantitative estimate of drug-likeness (QED) is 0.849. The molecular weight excluding hydrogens is 268 g/mol. The number of nitrogens with two attached hydrogens (primary N) is 1. The van der Waals surface area contributed by atoms with Gasteiger partial charge >= 0.3 is 0 Å². The van der Waals surface area contributed by atoms with Crippen molar-refractivity contribution in [1.82, 2.24) is 0 Å². The molecule has 1 aliphatic rings. The molecule has 2 nitrogen and oxygen atoms in total. The van der Waals surface area contributed by atoms with Crippen LogP contribution in [0.3, 0.4) is 0 Å². The second-order valence-corrected chi connectivity index (χ2v) is 8.41. The van der Waals surface area contributed by atoms with Gasteiger partial charge in [0.1, 0.15) is 0 Å². The molecule has 0 bridgehead atoms. The lowest BCUT2D eigenvalue weighted by atomic mass is 9.58. The highest BCUT2D eigenvalue weighted by molar-refractivity contribution is 6.30. The van der Waals surface area contributed by atoms with E-state index >= 15 is 0 Å². The van der Waals surface area contributed by atoms with Gasteiger partial charge in [0.2, 0.25) is 0 Å². The summed E-state index contributed by atoms with van der Waals surface area (Å²) in [6, 6.07) is 7.93. The van der Waals surface area contributed by atoms with Crippen LogP contribution in [0, 0.1) is 10.8 Å². The summed E-state index contributed by atoms with van der Waals surface area (Å²) >= 11 is 6.09. The van der Waals surface area contributed by atoms with Gasteiger partial charge in [0, 0.05) is 17.3 Å². The van der Waals surface area contributed by atoms with Gasteiger partial charge in [-0.05, 0) is 48.3 Å². The summed E-state index contributed by atoms with van der Waals surface area (Å²) in [4.78, 5) is 0. The van der Waals surface area contributed by atoms with Crippen LogP contribution in [0.5, 0.6) is 0 Å². The van der Waals surface area contributed by atoms with Crippen LogP contribution in [0.15, 0.2) is 24.3 Å². The van der Waals surface area contributed by atoms with E-state index in [4.69, 9.17) is 17.3 Å². The highest BCUT2D eigenvalue weighted by Crippen LogP contribution is 2.50. The maximum atomic E-state index is 6.17. The molecule has 1 saturated carbocycles. The number of hydrogen-bond donors (Lipinski definition) is 2. The van der Waals surface area contributed by atoms with Crippen molar-refractivity contribution < 1.29 is 0 Å². The van der Waals surface area contributed by atoms with E-state index in [1.807, 2.05) is 18.2 Å². The van der Waals surface area contributed by atoms with Crippen LogP contribution in [0.1, 0.15) is 47.0 Å². The van der Waals surface area contributed by atoms with E-state index in [0.717, 1.165) is 23.6 Å². The van der Waals surface area contributed by atoms with Gasteiger partial charge in [-0.25, -0.2) is 0 Å². The normalized spacial score (nSPS) is 23.3. The van der Waals surface area contributed by atoms with E-state index in [9.17, 15) is 0 Å². The van der Waals surface area contributed by atoms with Crippen LogP contribution < -0.4 is 11.1 Å². The van der Waals surface area contributed by atoms with Crippen molar-refractivity contribution in [3.05, 3.63) is 29.3 Å². The van der Waals surface area contributed by atoms with Crippen molar-refractivity contribution in [1.29, 1.82) is 0 Å². The molecule has 1 aromatic rings. The number of rotatable bonds is 3. The minimum absolute atomic E-state index is 0.0457. The molecule has 0 unspecified atom stereocenters. The lowest BCUT2D eigenvalue weighted by Gasteiger charge is -2.52. The fourth-order valence-electron chi connectivity index (χ4n) is 4.47. The molecule has 0 heterocycles. The first-order valence-corrected chi connectivity index (χ1v) is 7.77. The Bertz CT molecular complexity index is 464. The Kier molecular flexibility index (Phi) is 4.10. The molecule has 0 spiro atoms. The highest BCUT2D eigenvalue weighted by Gasteiger charge is 2.46. The Hall–Kier alpha value is -0.730. The van der Waals surface area contributed by atoms with Crippen LogP contribution in [0.4, 0.5) is 5.69 Å². The van der Waals surface area contributed by atoms with E-state index in [1.54, 1.807) is 0 Å². The molecule has 1 aromatic carbocycles. The topological polar surface area (TPSA) is 38.0 Å². The summed E-state index contributed by atoms with van der Waals surface area (Å²) < 4.78 is 0. The molecule has 0 aliphatic heterocycles. The smallest absolute Gasteiger partial charge is 0.0505 e. The molecule has 2 rings (SSSR count). The first kappa shape index (κ1) is 15.7. The van der Waals surface area contributed by atoms with E-state index in [0.29, 0.717) is 17.4 Å². The molecule has 3 N–H and O–H groups in total. The molecule has 112 valence electrons. The van der Waals surface area contributed by atoms with Crippen molar-refractivity contribution in [2.45, 2.75) is 52.5 Å². The van der Waals surface area contributed by atoms with Gasteiger partial charge in [0.15, 0.2) is 0 Å². The fraction of sp³-hybridized carbons (Fsp3) is 0.647. The molecule has 1 fully saturated rings. The van der Waals surface area contributed by atoms with E-state index in [2.05, 4.69) is 39.1 Å². The number of nitrogens with one attached hydrogen (secondary N) is 1. The Morgan fingerprint density at radius 2 is 1.70 bits per heavy atom. The molecule has 0 amide bonds. The Balaban J connectivity index is 2.29. The van der Waals surface area contributed by atoms with Gasteiger partial charge in [-0.15, -0.1) is 0 Å². The number of hydrogen-bond acceptors (Lipinski definition) is 2. The average Bonchev–Trinajstić information content (AvgIpc) is 2.24. The fourth-order valence-corrected chi connectivity index (χ4v) is 4.66. The maximum Gasteiger partial charge on any atom is 0.0505 e. The van der Waals surface area contributed by atoms with Gasteiger partial charge in [-0.3, -0.25) is 0 Å². The first-order chi connectivity index (χ1) is 9.15. The summed E-state index contributed by atoms with van der Waals surface area (Å²) in [7, 11) is 0. The first-order valence-electron chi connectivity index (χ1n) is 7.39. The molecule has 0 atom stereocenters. The predicted molar refractivity (Wildman–Crippen MR) is 88.3 cm³/mol. The summed E-state index contributed by atoms with van der Waals surface area (Å²) in [6.07, 6.45) is 3.41. The zero-order chi connectivity index (χ0) is 15.0. The molecular formula is C17H27ClN2. The second-order valence-electron chi connectivity index (χ2n) is 7.98. The maximum absolute atomic E-state index is 6.17. The van der Waals surface area contributed by atoms with Crippen molar-refractivity contribution in [3.63, 3.8) is 0 Å². The highest BCUT2D eigenvalue weighted by atomic mass is 35.5. The molecule has 20 heavy (non-hydrogen) atoms. The lowest BCUT2D eigenvalue weighted by Crippen LogP contribution is -2.55. The van der Waals surface area contributed by atoms with E-state index in [1.165, 1.54) is 6.42 Å². The SMILES string of the molecule is CC1(C)CC(C)(C)CC(CN)(Nc2cccc(Cl)c2)C1. The van der Waals surface area contributed by atoms with Gasteiger partial charge in [-0.1, -0.05) is 45.4 Å². The van der Waals surface area contributed by atoms with Gasteiger partial charge in [0.25, 0.3) is 0 Å². The number of anilines is 1. The summed E-state index contributed by atoms with van der Waals surface area (Å²) in [6.45, 7) is 10.0. The van der Waals surface area contributed by atoms with E-state index < -0.39 is 0 Å². The molecule has 0 radical (unpaired) electrons. The standard InChI is InChI=1S/C17H27ClN2/c1-15(2)9-16(3,4)11-17(10-15,12-19)20-14-7-5-6-13(18)8-14/h5-8,20H,9-12,19H2,1-4H3. The number of halogens is 1. The van der Waals surface area contributed by atoms with Crippen LogP contribution >= 0.6 is 11.6 Å². The van der Waals surface area contributed by atoms with Crippen LogP contribution in [-0.2, 0) is 0 Å². The van der Waals surface area contributed by atoms with Crippen LogP contribution in [-0.4, -0.2) is 12.1 Å². The monoisotopic (exact) mass is 294 g/mol. The summed E-state index contributed by atoms with van der Waals surface area (Å²) in [5.41, 5.74) is 7.79. The third kappa shape index (κ3) is 3.67. The van der Waals surface area contributed by atoms with Crippen molar-refractivity contribution in [2.24, 2.45) is 16.6 Å². The molecule has 1 aliphatic carbocycles. The molecule has 0 aromatic heterocycles. The molecule has 0 saturated heterocycles. The average molecular weight is 295 g/mol.